The van der Waals surface area contributed by atoms with Crippen LogP contribution >= 0.6 is 11.8 Å². The standard InChI is InChI=1S/C12H15NO2S/c1-10-3-2-4-11(7-10)15-8-12(14)13-5-6-16-9-13/h2-4,7H,5-6,8-9H2,1H3. The van der Waals surface area contributed by atoms with E-state index in [9.17, 15) is 4.79 Å². The zero-order valence-electron chi connectivity index (χ0n) is 9.31. The lowest BCUT2D eigenvalue weighted by molar-refractivity contribution is -0.131. The molecule has 0 spiro atoms. The van der Waals surface area contributed by atoms with Crippen molar-refractivity contribution in [3.63, 3.8) is 0 Å². The van der Waals surface area contributed by atoms with Crippen molar-refractivity contribution in [1.29, 1.82) is 0 Å². The number of rotatable bonds is 3. The predicted octanol–water partition coefficient (Wildman–Crippen LogP) is 1.91. The smallest absolute Gasteiger partial charge is 0.261 e. The zero-order chi connectivity index (χ0) is 11.4. The Morgan fingerprint density at radius 1 is 1.56 bits per heavy atom. The number of aryl methyl sites for hydroxylation is 1. The zero-order valence-corrected chi connectivity index (χ0v) is 10.1. The molecule has 1 fully saturated rings. The monoisotopic (exact) mass is 237 g/mol. The summed E-state index contributed by atoms with van der Waals surface area (Å²) < 4.78 is 5.46. The van der Waals surface area contributed by atoms with Gasteiger partial charge in [-0.2, -0.15) is 0 Å². The molecule has 0 bridgehead atoms. The molecule has 1 heterocycles. The molecule has 0 aromatic heterocycles. The molecular formula is C12H15NO2S. The van der Waals surface area contributed by atoms with Crippen LogP contribution in [0.3, 0.4) is 0 Å². The van der Waals surface area contributed by atoms with Crippen molar-refractivity contribution in [2.75, 3.05) is 24.8 Å². The maximum atomic E-state index is 11.7. The molecule has 1 amide bonds. The number of ether oxygens (including phenoxy) is 1. The molecule has 0 saturated carbocycles. The van der Waals surface area contributed by atoms with Gasteiger partial charge in [-0.25, -0.2) is 0 Å². The van der Waals surface area contributed by atoms with Crippen molar-refractivity contribution in [1.82, 2.24) is 4.90 Å². The van der Waals surface area contributed by atoms with Crippen LogP contribution in [0.25, 0.3) is 0 Å². The Hall–Kier alpha value is -1.16. The Bertz CT molecular complexity index is 375. The minimum atomic E-state index is 0.0755. The van der Waals surface area contributed by atoms with E-state index in [1.54, 1.807) is 11.8 Å². The van der Waals surface area contributed by atoms with Crippen molar-refractivity contribution < 1.29 is 9.53 Å². The summed E-state index contributed by atoms with van der Waals surface area (Å²) in [5, 5.41) is 0. The predicted molar refractivity (Wildman–Crippen MR) is 65.7 cm³/mol. The number of hydrogen-bond donors (Lipinski definition) is 0. The number of carbonyl (C=O) groups excluding carboxylic acids is 1. The van der Waals surface area contributed by atoms with E-state index in [-0.39, 0.29) is 12.5 Å². The minimum Gasteiger partial charge on any atom is -0.484 e. The van der Waals surface area contributed by atoms with Crippen molar-refractivity contribution in [3.8, 4) is 5.75 Å². The quantitative estimate of drug-likeness (QED) is 0.804. The fourth-order valence-electron chi connectivity index (χ4n) is 1.55. The maximum Gasteiger partial charge on any atom is 0.261 e. The lowest BCUT2D eigenvalue weighted by Crippen LogP contribution is -2.32. The number of thioether (sulfide) groups is 1. The highest BCUT2D eigenvalue weighted by molar-refractivity contribution is 7.99. The third-order valence-electron chi connectivity index (χ3n) is 2.46. The average Bonchev–Trinajstić information content (AvgIpc) is 2.79. The fourth-order valence-corrected chi connectivity index (χ4v) is 2.52. The maximum absolute atomic E-state index is 11.7. The van der Waals surface area contributed by atoms with Crippen LogP contribution in [0.15, 0.2) is 24.3 Å². The molecule has 16 heavy (non-hydrogen) atoms. The second-order valence-electron chi connectivity index (χ2n) is 3.80. The van der Waals surface area contributed by atoms with Gasteiger partial charge in [0.05, 0.1) is 5.88 Å². The summed E-state index contributed by atoms with van der Waals surface area (Å²) in [4.78, 5) is 13.5. The molecule has 4 heteroatoms. The fraction of sp³-hybridized carbons (Fsp3) is 0.417. The normalized spacial score (nSPS) is 15.2. The molecule has 2 rings (SSSR count). The summed E-state index contributed by atoms with van der Waals surface area (Å²) in [5.74, 6) is 2.68. The number of amides is 1. The molecule has 1 aromatic carbocycles. The molecule has 1 aliphatic rings. The number of benzene rings is 1. The second-order valence-corrected chi connectivity index (χ2v) is 4.87. The van der Waals surface area contributed by atoms with Gasteiger partial charge in [-0.3, -0.25) is 4.79 Å². The topological polar surface area (TPSA) is 29.5 Å². The van der Waals surface area contributed by atoms with Gasteiger partial charge in [0.2, 0.25) is 0 Å². The van der Waals surface area contributed by atoms with E-state index in [4.69, 9.17) is 4.74 Å². The molecule has 0 radical (unpaired) electrons. The first-order chi connectivity index (χ1) is 7.75. The van der Waals surface area contributed by atoms with Crippen LogP contribution in [-0.2, 0) is 4.79 Å². The summed E-state index contributed by atoms with van der Waals surface area (Å²) in [6.07, 6.45) is 0. The molecule has 0 unspecified atom stereocenters. The molecule has 1 saturated heterocycles. The van der Waals surface area contributed by atoms with Gasteiger partial charge in [0.15, 0.2) is 6.61 Å². The van der Waals surface area contributed by atoms with E-state index in [2.05, 4.69) is 0 Å². The van der Waals surface area contributed by atoms with E-state index < -0.39 is 0 Å². The Morgan fingerprint density at radius 3 is 3.12 bits per heavy atom. The van der Waals surface area contributed by atoms with Crippen LogP contribution in [0.2, 0.25) is 0 Å². The number of carbonyl (C=O) groups is 1. The SMILES string of the molecule is Cc1cccc(OCC(=O)N2CCSC2)c1. The lowest BCUT2D eigenvalue weighted by atomic mass is 10.2. The van der Waals surface area contributed by atoms with Crippen molar-refractivity contribution in [2.24, 2.45) is 0 Å². The molecule has 86 valence electrons. The van der Waals surface area contributed by atoms with Crippen LogP contribution in [-0.4, -0.2) is 35.6 Å². The third kappa shape index (κ3) is 2.92. The number of hydrogen-bond acceptors (Lipinski definition) is 3. The van der Waals surface area contributed by atoms with Crippen LogP contribution < -0.4 is 4.74 Å². The summed E-state index contributed by atoms with van der Waals surface area (Å²) in [5.41, 5.74) is 1.14. The first-order valence-electron chi connectivity index (χ1n) is 5.31. The molecular weight excluding hydrogens is 222 g/mol. The van der Waals surface area contributed by atoms with Gasteiger partial charge in [-0.05, 0) is 24.6 Å². The highest BCUT2D eigenvalue weighted by Crippen LogP contribution is 2.15. The molecule has 1 aliphatic heterocycles. The summed E-state index contributed by atoms with van der Waals surface area (Å²) in [6.45, 7) is 3.00. The first-order valence-corrected chi connectivity index (χ1v) is 6.46. The van der Waals surface area contributed by atoms with Crippen LogP contribution in [0.5, 0.6) is 5.75 Å². The van der Waals surface area contributed by atoms with Crippen molar-refractivity contribution in [3.05, 3.63) is 29.8 Å². The summed E-state index contributed by atoms with van der Waals surface area (Å²) in [6, 6.07) is 7.75. The van der Waals surface area contributed by atoms with Gasteiger partial charge in [0, 0.05) is 12.3 Å². The Morgan fingerprint density at radius 2 is 2.44 bits per heavy atom. The van der Waals surface area contributed by atoms with E-state index >= 15 is 0 Å². The highest BCUT2D eigenvalue weighted by Gasteiger charge is 2.18. The van der Waals surface area contributed by atoms with E-state index in [1.807, 2.05) is 36.1 Å². The van der Waals surface area contributed by atoms with Gasteiger partial charge in [-0.1, -0.05) is 12.1 Å². The van der Waals surface area contributed by atoms with Gasteiger partial charge < -0.3 is 9.64 Å². The summed E-state index contributed by atoms with van der Waals surface area (Å²) in [7, 11) is 0. The highest BCUT2D eigenvalue weighted by atomic mass is 32.2. The number of nitrogens with zero attached hydrogens (tertiary/aromatic N) is 1. The van der Waals surface area contributed by atoms with Crippen molar-refractivity contribution >= 4 is 17.7 Å². The lowest BCUT2D eigenvalue weighted by Gasteiger charge is -2.14. The van der Waals surface area contributed by atoms with Crippen LogP contribution in [0, 0.1) is 6.92 Å². The van der Waals surface area contributed by atoms with E-state index in [1.165, 1.54) is 0 Å². The molecule has 0 N–H and O–H groups in total. The van der Waals surface area contributed by atoms with Crippen molar-refractivity contribution in [2.45, 2.75) is 6.92 Å². The molecule has 3 nitrogen and oxygen atoms in total. The van der Waals surface area contributed by atoms with E-state index in [0.717, 1.165) is 29.5 Å². The average molecular weight is 237 g/mol. The van der Waals surface area contributed by atoms with Crippen LogP contribution in [0.1, 0.15) is 5.56 Å². The molecule has 0 aliphatic carbocycles. The Kier molecular flexibility index (Phi) is 3.72. The van der Waals surface area contributed by atoms with Gasteiger partial charge in [-0.15, -0.1) is 11.8 Å². The Balaban J connectivity index is 1.84. The molecule has 0 atom stereocenters. The minimum absolute atomic E-state index is 0.0755. The van der Waals surface area contributed by atoms with E-state index in [0.29, 0.717) is 0 Å². The van der Waals surface area contributed by atoms with Gasteiger partial charge >= 0.3 is 0 Å². The third-order valence-corrected chi connectivity index (χ3v) is 3.42. The van der Waals surface area contributed by atoms with Gasteiger partial charge in [0.1, 0.15) is 5.75 Å². The van der Waals surface area contributed by atoms with Crippen LogP contribution in [0.4, 0.5) is 0 Å². The first kappa shape index (κ1) is 11.3. The van der Waals surface area contributed by atoms with Gasteiger partial charge in [0.25, 0.3) is 5.91 Å². The molecule has 1 aromatic rings. The summed E-state index contributed by atoms with van der Waals surface area (Å²) >= 11 is 1.78. The Labute approximate surface area is 99.8 Å². The second kappa shape index (κ2) is 5.25. The largest absolute Gasteiger partial charge is 0.484 e.